The number of nitrogens with zero attached hydrogens (tertiary/aromatic N) is 4. The first kappa shape index (κ1) is 34.1. The zero-order valence-electron chi connectivity index (χ0n) is 28.5. The van der Waals surface area contributed by atoms with Gasteiger partial charge in [-0.15, -0.1) is 0 Å². The third kappa shape index (κ3) is 8.57. The van der Waals surface area contributed by atoms with E-state index in [2.05, 4.69) is 90.3 Å². The molecular formula is C37H48BN7O2. The number of hydrogen-bond acceptors (Lipinski definition) is 8. The Balaban J connectivity index is 0.000000335. The fourth-order valence-corrected chi connectivity index (χ4v) is 5.78. The van der Waals surface area contributed by atoms with Crippen LogP contribution in [0.1, 0.15) is 73.4 Å². The van der Waals surface area contributed by atoms with Crippen molar-refractivity contribution in [2.45, 2.75) is 91.9 Å². The summed E-state index contributed by atoms with van der Waals surface area (Å²) in [4.78, 5) is 14.3. The number of aryl methyl sites for hydroxylation is 4. The Morgan fingerprint density at radius 3 is 2.09 bits per heavy atom. The van der Waals surface area contributed by atoms with Gasteiger partial charge in [0.25, 0.3) is 0 Å². The van der Waals surface area contributed by atoms with E-state index >= 15 is 0 Å². The lowest BCUT2D eigenvalue weighted by Crippen LogP contribution is -2.33. The normalized spacial score (nSPS) is 16.1. The summed E-state index contributed by atoms with van der Waals surface area (Å²) in [6.07, 6.45) is 6.01. The van der Waals surface area contributed by atoms with Gasteiger partial charge in [-0.1, -0.05) is 60.7 Å². The van der Waals surface area contributed by atoms with E-state index in [1.807, 2.05) is 26.2 Å². The molecule has 5 aromatic rings. The average molecular weight is 634 g/mol. The van der Waals surface area contributed by atoms with Gasteiger partial charge in [0.2, 0.25) is 5.95 Å². The van der Waals surface area contributed by atoms with Gasteiger partial charge in [-0.3, -0.25) is 0 Å². The lowest BCUT2D eigenvalue weighted by Gasteiger charge is -2.27. The molecule has 3 aromatic carbocycles. The molecule has 10 heteroatoms. The molecule has 1 saturated carbocycles. The first-order valence-electron chi connectivity index (χ1n) is 16.6. The van der Waals surface area contributed by atoms with E-state index in [0.29, 0.717) is 30.0 Å². The van der Waals surface area contributed by atoms with Crippen LogP contribution in [-0.2, 0) is 6.54 Å². The Morgan fingerprint density at radius 1 is 0.830 bits per heavy atom. The average Bonchev–Trinajstić information content (AvgIpc) is 3.49. The Hall–Kier alpha value is -4.25. The van der Waals surface area contributed by atoms with Crippen LogP contribution in [0.15, 0.2) is 67.0 Å². The summed E-state index contributed by atoms with van der Waals surface area (Å²) in [6, 6.07) is 21.6. The number of nitrogens with two attached hydrogens (primary N) is 1. The van der Waals surface area contributed by atoms with E-state index in [1.165, 1.54) is 27.8 Å². The Labute approximate surface area is 278 Å². The quantitative estimate of drug-likeness (QED) is 0.132. The molecule has 0 saturated heterocycles. The summed E-state index contributed by atoms with van der Waals surface area (Å²) in [5.74, 6) is 1.41. The minimum absolute atomic E-state index is 0.260. The van der Waals surface area contributed by atoms with Crippen LogP contribution in [0, 0.1) is 27.7 Å². The van der Waals surface area contributed by atoms with Crippen molar-refractivity contribution in [3.05, 3.63) is 94.8 Å². The molecule has 246 valence electrons. The lowest BCUT2D eigenvalue weighted by molar-refractivity contribution is 0.410. The van der Waals surface area contributed by atoms with Crippen LogP contribution < -0.4 is 21.8 Å². The monoisotopic (exact) mass is 633 g/mol. The molecule has 6 rings (SSSR count). The van der Waals surface area contributed by atoms with Crippen LogP contribution in [0.3, 0.4) is 0 Å². The van der Waals surface area contributed by atoms with E-state index in [0.717, 1.165) is 53.8 Å². The first-order chi connectivity index (χ1) is 22.5. The molecule has 1 aliphatic carbocycles. The van der Waals surface area contributed by atoms with E-state index in [4.69, 9.17) is 25.7 Å². The molecule has 0 atom stereocenters. The molecule has 0 spiro atoms. The second kappa shape index (κ2) is 15.1. The summed E-state index contributed by atoms with van der Waals surface area (Å²) in [5, 5.41) is 24.7. The molecule has 0 unspecified atom stereocenters. The first-order valence-corrected chi connectivity index (χ1v) is 16.6. The number of rotatable bonds is 8. The molecule has 0 bridgehead atoms. The number of anilines is 2. The van der Waals surface area contributed by atoms with E-state index in [-0.39, 0.29) is 6.04 Å². The predicted octanol–water partition coefficient (Wildman–Crippen LogP) is 5.97. The fourth-order valence-electron chi connectivity index (χ4n) is 5.78. The van der Waals surface area contributed by atoms with Crippen molar-refractivity contribution in [3.63, 3.8) is 0 Å². The van der Waals surface area contributed by atoms with Gasteiger partial charge in [-0.05, 0) is 112 Å². The number of hydrogen-bond donors (Lipinski definition) is 5. The highest BCUT2D eigenvalue weighted by molar-refractivity contribution is 6.58. The summed E-state index contributed by atoms with van der Waals surface area (Å²) >= 11 is 0. The van der Waals surface area contributed by atoms with Crippen molar-refractivity contribution in [2.75, 3.05) is 10.6 Å². The standard InChI is InChI=1S/C29H37N7.C8H11BO2/c1-18(2)36-17-32-26-27(34-29(35-28(26)36)33-25-13-11-24(30)12-14-25)31-16-21-6-9-22(10-7-21)23-8-5-19(3)20(4)15-23;1-6-3-4-8(9(10)11)5-7(6)2/h5-10,15,17-18,24-25H,11-14,16,30H2,1-4H3,(H2,31,33,34,35);3-5,10-11H,1-2H3. The molecule has 9 nitrogen and oxygen atoms in total. The van der Waals surface area contributed by atoms with E-state index < -0.39 is 7.12 Å². The minimum atomic E-state index is -1.35. The SMILES string of the molecule is Cc1ccc(-c2ccc(CNc3nc(NC4CCC(N)CC4)nc4c3ncn4C(C)C)cc2)cc1C.Cc1ccc(B(O)O)cc1C. The van der Waals surface area contributed by atoms with Crippen molar-refractivity contribution < 1.29 is 10.0 Å². The molecular weight excluding hydrogens is 585 g/mol. The fraction of sp³-hybridized carbons (Fsp3) is 0.378. The van der Waals surface area contributed by atoms with Crippen LogP contribution in [0.25, 0.3) is 22.3 Å². The smallest absolute Gasteiger partial charge is 0.423 e. The van der Waals surface area contributed by atoms with Gasteiger partial charge in [0.1, 0.15) is 0 Å². The van der Waals surface area contributed by atoms with E-state index in [1.54, 1.807) is 12.1 Å². The number of aromatic nitrogens is 4. The third-order valence-electron chi connectivity index (χ3n) is 9.17. The van der Waals surface area contributed by atoms with Crippen molar-refractivity contribution in [2.24, 2.45) is 5.73 Å². The van der Waals surface area contributed by atoms with Gasteiger partial charge < -0.3 is 31.0 Å². The molecule has 0 radical (unpaired) electrons. The highest BCUT2D eigenvalue weighted by Crippen LogP contribution is 2.27. The van der Waals surface area contributed by atoms with Gasteiger partial charge in [0.05, 0.1) is 6.33 Å². The maximum atomic E-state index is 8.79. The van der Waals surface area contributed by atoms with Crippen LogP contribution in [0.4, 0.5) is 11.8 Å². The minimum Gasteiger partial charge on any atom is -0.423 e. The number of nitrogens with one attached hydrogen (secondary N) is 2. The Morgan fingerprint density at radius 2 is 1.47 bits per heavy atom. The van der Waals surface area contributed by atoms with Crippen molar-refractivity contribution >= 4 is 35.5 Å². The Bertz CT molecular complexity index is 1800. The van der Waals surface area contributed by atoms with E-state index in [9.17, 15) is 0 Å². The van der Waals surface area contributed by atoms with Crippen LogP contribution in [-0.4, -0.2) is 48.8 Å². The highest BCUT2D eigenvalue weighted by atomic mass is 16.4. The van der Waals surface area contributed by atoms with Gasteiger partial charge >= 0.3 is 7.12 Å². The molecule has 2 aromatic heterocycles. The Kier molecular flexibility index (Phi) is 11.0. The number of benzene rings is 3. The van der Waals surface area contributed by atoms with Gasteiger partial charge in [-0.2, -0.15) is 9.97 Å². The highest BCUT2D eigenvalue weighted by Gasteiger charge is 2.21. The molecule has 1 fully saturated rings. The van der Waals surface area contributed by atoms with Gasteiger partial charge in [-0.25, -0.2) is 4.98 Å². The van der Waals surface area contributed by atoms with Crippen LogP contribution in [0.2, 0.25) is 0 Å². The van der Waals surface area contributed by atoms with Crippen molar-refractivity contribution in [3.8, 4) is 11.1 Å². The van der Waals surface area contributed by atoms with Gasteiger partial charge in [0, 0.05) is 24.7 Å². The summed E-state index contributed by atoms with van der Waals surface area (Å²) in [7, 11) is -1.35. The van der Waals surface area contributed by atoms with Gasteiger partial charge in [0.15, 0.2) is 17.0 Å². The second-order valence-electron chi connectivity index (χ2n) is 13.1. The molecule has 0 aliphatic heterocycles. The number of imidazole rings is 1. The summed E-state index contributed by atoms with van der Waals surface area (Å²) in [5.41, 5.74) is 16.8. The van der Waals surface area contributed by atoms with Crippen molar-refractivity contribution in [1.29, 1.82) is 0 Å². The predicted molar refractivity (Wildman–Crippen MR) is 194 cm³/mol. The van der Waals surface area contributed by atoms with Crippen molar-refractivity contribution in [1.82, 2.24) is 19.5 Å². The zero-order chi connectivity index (χ0) is 33.7. The third-order valence-corrected chi connectivity index (χ3v) is 9.17. The topological polar surface area (TPSA) is 134 Å². The molecule has 6 N–H and O–H groups in total. The second-order valence-corrected chi connectivity index (χ2v) is 13.1. The largest absolute Gasteiger partial charge is 0.488 e. The van der Waals surface area contributed by atoms with Crippen LogP contribution in [0.5, 0.6) is 0 Å². The number of fused-ring (bicyclic) bond motifs is 1. The molecule has 47 heavy (non-hydrogen) atoms. The summed E-state index contributed by atoms with van der Waals surface area (Å²) in [6.45, 7) is 13.2. The molecule has 1 aliphatic rings. The zero-order valence-corrected chi connectivity index (χ0v) is 28.5. The maximum Gasteiger partial charge on any atom is 0.488 e. The maximum absolute atomic E-state index is 8.79. The van der Waals surface area contributed by atoms with Crippen LogP contribution >= 0.6 is 0 Å². The molecule has 2 heterocycles. The lowest BCUT2D eigenvalue weighted by atomic mass is 9.79. The molecule has 0 amide bonds. The summed E-state index contributed by atoms with van der Waals surface area (Å²) < 4.78 is 2.10.